The summed E-state index contributed by atoms with van der Waals surface area (Å²) in [5.41, 5.74) is 6.47. The van der Waals surface area contributed by atoms with Crippen molar-refractivity contribution < 1.29 is 9.59 Å². The summed E-state index contributed by atoms with van der Waals surface area (Å²) in [6.45, 7) is 2.24. The Bertz CT molecular complexity index is 463. The van der Waals surface area contributed by atoms with E-state index in [4.69, 9.17) is 17.3 Å². The van der Waals surface area contributed by atoms with Crippen LogP contribution in [0.3, 0.4) is 0 Å². The number of anilines is 2. The molecule has 104 valence electrons. The van der Waals surface area contributed by atoms with E-state index in [1.165, 1.54) is 0 Å². The van der Waals surface area contributed by atoms with E-state index >= 15 is 0 Å². The summed E-state index contributed by atoms with van der Waals surface area (Å²) < 4.78 is 0. The van der Waals surface area contributed by atoms with E-state index in [-0.39, 0.29) is 11.8 Å². The molecule has 0 bridgehead atoms. The lowest BCUT2D eigenvalue weighted by atomic mass is 10.2. The van der Waals surface area contributed by atoms with Gasteiger partial charge in [-0.15, -0.1) is 0 Å². The van der Waals surface area contributed by atoms with E-state index < -0.39 is 0 Å². The molecule has 0 aromatic heterocycles. The molecule has 2 amide bonds. The highest BCUT2D eigenvalue weighted by Gasteiger charge is 2.07. The molecule has 5 nitrogen and oxygen atoms in total. The van der Waals surface area contributed by atoms with Gasteiger partial charge in [-0.1, -0.05) is 18.5 Å². The molecular formula is C13H18ClN3O2. The number of nitrogens with one attached hydrogen (secondary N) is 2. The van der Waals surface area contributed by atoms with Gasteiger partial charge in [0.25, 0.3) is 0 Å². The standard InChI is InChI=1S/C13H18ClN3O2/c1-2-12(18)17-11-6-5-9(8-10(11)14)16-13(19)4-3-7-15/h5-6,8H,2-4,7,15H2,1H3,(H,16,19)(H,17,18). The van der Waals surface area contributed by atoms with Crippen LogP contribution < -0.4 is 16.4 Å². The molecule has 1 rings (SSSR count). The molecule has 0 fully saturated rings. The Kier molecular flexibility index (Phi) is 6.32. The average molecular weight is 284 g/mol. The molecule has 0 aliphatic heterocycles. The molecular weight excluding hydrogens is 266 g/mol. The lowest BCUT2D eigenvalue weighted by molar-refractivity contribution is -0.116. The van der Waals surface area contributed by atoms with Gasteiger partial charge in [-0.3, -0.25) is 9.59 Å². The number of carbonyl (C=O) groups excluding carboxylic acids is 2. The topological polar surface area (TPSA) is 84.2 Å². The third kappa shape index (κ3) is 5.28. The van der Waals surface area contributed by atoms with E-state index in [1.807, 2.05) is 0 Å². The van der Waals surface area contributed by atoms with Gasteiger partial charge in [-0.25, -0.2) is 0 Å². The van der Waals surface area contributed by atoms with Crippen LogP contribution in [0.4, 0.5) is 11.4 Å². The van der Waals surface area contributed by atoms with E-state index in [0.717, 1.165) is 0 Å². The molecule has 0 atom stereocenters. The minimum Gasteiger partial charge on any atom is -0.330 e. The molecule has 0 unspecified atom stereocenters. The smallest absolute Gasteiger partial charge is 0.224 e. The van der Waals surface area contributed by atoms with Crippen LogP contribution in [0.1, 0.15) is 26.2 Å². The first kappa shape index (κ1) is 15.5. The largest absolute Gasteiger partial charge is 0.330 e. The average Bonchev–Trinajstić information content (AvgIpc) is 2.39. The zero-order valence-corrected chi connectivity index (χ0v) is 11.6. The summed E-state index contributed by atoms with van der Waals surface area (Å²) >= 11 is 6.03. The second-order valence-electron chi connectivity index (χ2n) is 4.04. The molecule has 19 heavy (non-hydrogen) atoms. The molecule has 0 aliphatic carbocycles. The van der Waals surface area contributed by atoms with Gasteiger partial charge in [0.2, 0.25) is 11.8 Å². The lowest BCUT2D eigenvalue weighted by Gasteiger charge is -2.09. The van der Waals surface area contributed by atoms with Crippen LogP contribution in [-0.2, 0) is 9.59 Å². The van der Waals surface area contributed by atoms with Gasteiger partial charge in [-0.05, 0) is 31.2 Å². The maximum Gasteiger partial charge on any atom is 0.224 e. The van der Waals surface area contributed by atoms with Gasteiger partial charge < -0.3 is 16.4 Å². The summed E-state index contributed by atoms with van der Waals surface area (Å²) in [5, 5.41) is 5.78. The van der Waals surface area contributed by atoms with Gasteiger partial charge in [0.1, 0.15) is 0 Å². The van der Waals surface area contributed by atoms with E-state index in [0.29, 0.717) is 42.2 Å². The molecule has 0 saturated heterocycles. The zero-order chi connectivity index (χ0) is 14.3. The monoisotopic (exact) mass is 283 g/mol. The summed E-state index contributed by atoms with van der Waals surface area (Å²) in [4.78, 5) is 22.8. The summed E-state index contributed by atoms with van der Waals surface area (Å²) in [6.07, 6.45) is 1.40. The van der Waals surface area contributed by atoms with Crippen molar-refractivity contribution in [1.82, 2.24) is 0 Å². The lowest BCUT2D eigenvalue weighted by Crippen LogP contribution is -2.14. The molecule has 6 heteroatoms. The molecule has 0 radical (unpaired) electrons. The van der Waals surface area contributed by atoms with Gasteiger partial charge >= 0.3 is 0 Å². The maximum absolute atomic E-state index is 11.5. The molecule has 0 saturated carbocycles. The van der Waals surface area contributed by atoms with Crippen LogP contribution in [0, 0.1) is 0 Å². The first-order valence-electron chi connectivity index (χ1n) is 6.16. The second kappa shape index (κ2) is 7.76. The highest BCUT2D eigenvalue weighted by molar-refractivity contribution is 6.34. The van der Waals surface area contributed by atoms with Crippen LogP contribution >= 0.6 is 11.6 Å². The highest BCUT2D eigenvalue weighted by Crippen LogP contribution is 2.25. The zero-order valence-electron chi connectivity index (χ0n) is 10.8. The number of benzene rings is 1. The Labute approximate surface area is 117 Å². The minimum absolute atomic E-state index is 0.105. The first-order valence-corrected chi connectivity index (χ1v) is 6.54. The maximum atomic E-state index is 11.5. The summed E-state index contributed by atoms with van der Waals surface area (Å²) in [5.74, 6) is -0.214. The third-order valence-electron chi connectivity index (χ3n) is 2.46. The van der Waals surface area contributed by atoms with Crippen LogP contribution in [0.2, 0.25) is 5.02 Å². The normalized spacial score (nSPS) is 10.1. The number of carbonyl (C=O) groups is 2. The molecule has 0 heterocycles. The third-order valence-corrected chi connectivity index (χ3v) is 2.77. The fourth-order valence-electron chi connectivity index (χ4n) is 1.42. The van der Waals surface area contributed by atoms with Crippen LogP contribution in [0.15, 0.2) is 18.2 Å². The van der Waals surface area contributed by atoms with Crippen molar-refractivity contribution in [2.75, 3.05) is 17.2 Å². The quantitative estimate of drug-likeness (QED) is 0.749. The van der Waals surface area contributed by atoms with Gasteiger partial charge in [0.15, 0.2) is 0 Å². The number of hydrogen-bond acceptors (Lipinski definition) is 3. The number of halogens is 1. The molecule has 1 aromatic carbocycles. The van der Waals surface area contributed by atoms with Crippen molar-refractivity contribution in [3.63, 3.8) is 0 Å². The van der Waals surface area contributed by atoms with Crippen molar-refractivity contribution >= 4 is 34.8 Å². The Morgan fingerprint density at radius 1 is 1.26 bits per heavy atom. The van der Waals surface area contributed by atoms with Crippen LogP contribution in [0.25, 0.3) is 0 Å². The van der Waals surface area contributed by atoms with Gasteiger partial charge in [0.05, 0.1) is 10.7 Å². The summed E-state index contributed by atoms with van der Waals surface area (Å²) in [7, 11) is 0. The second-order valence-corrected chi connectivity index (χ2v) is 4.44. The fraction of sp³-hybridized carbons (Fsp3) is 0.385. The predicted molar refractivity (Wildman–Crippen MR) is 77.3 cm³/mol. The molecule has 4 N–H and O–H groups in total. The van der Waals surface area contributed by atoms with Crippen molar-refractivity contribution in [2.24, 2.45) is 5.73 Å². The number of nitrogens with two attached hydrogens (primary N) is 1. The first-order chi connectivity index (χ1) is 9.06. The predicted octanol–water partition coefficient (Wildman–Crippen LogP) is 2.37. The minimum atomic E-state index is -0.110. The van der Waals surface area contributed by atoms with Gasteiger partial charge in [0, 0.05) is 18.5 Å². The van der Waals surface area contributed by atoms with Crippen LogP contribution in [0.5, 0.6) is 0 Å². The Balaban J connectivity index is 2.66. The van der Waals surface area contributed by atoms with E-state index in [9.17, 15) is 9.59 Å². The molecule has 1 aromatic rings. The van der Waals surface area contributed by atoms with Crippen molar-refractivity contribution in [3.8, 4) is 0 Å². The molecule has 0 spiro atoms. The number of amides is 2. The SMILES string of the molecule is CCC(=O)Nc1ccc(NC(=O)CCCN)cc1Cl. The molecule has 0 aliphatic rings. The Morgan fingerprint density at radius 2 is 2.00 bits per heavy atom. The fourth-order valence-corrected chi connectivity index (χ4v) is 1.65. The van der Waals surface area contributed by atoms with Crippen LogP contribution in [-0.4, -0.2) is 18.4 Å². The van der Waals surface area contributed by atoms with E-state index in [1.54, 1.807) is 25.1 Å². The van der Waals surface area contributed by atoms with E-state index in [2.05, 4.69) is 10.6 Å². The number of rotatable bonds is 6. The highest BCUT2D eigenvalue weighted by atomic mass is 35.5. The van der Waals surface area contributed by atoms with Crippen molar-refractivity contribution in [2.45, 2.75) is 26.2 Å². The van der Waals surface area contributed by atoms with Crippen molar-refractivity contribution in [1.29, 1.82) is 0 Å². The Hall–Kier alpha value is -1.59. The Morgan fingerprint density at radius 3 is 2.58 bits per heavy atom. The number of hydrogen-bond donors (Lipinski definition) is 3. The van der Waals surface area contributed by atoms with Crippen molar-refractivity contribution in [3.05, 3.63) is 23.2 Å². The summed E-state index contributed by atoms with van der Waals surface area (Å²) in [6, 6.07) is 4.96. The van der Waals surface area contributed by atoms with Gasteiger partial charge in [-0.2, -0.15) is 0 Å².